The van der Waals surface area contributed by atoms with Crippen LogP contribution < -0.4 is 0 Å². The SMILES string of the molecule is CCCC(C)Sc1cccc(C(C)=O)c1. The molecule has 0 amide bonds. The Morgan fingerprint density at radius 3 is 2.80 bits per heavy atom. The molecule has 0 aliphatic heterocycles. The van der Waals surface area contributed by atoms with Crippen molar-refractivity contribution in [2.45, 2.75) is 43.8 Å². The second-order valence-corrected chi connectivity index (χ2v) is 5.31. The molecule has 1 nitrogen and oxygen atoms in total. The lowest BCUT2D eigenvalue weighted by molar-refractivity contribution is 0.101. The Labute approximate surface area is 96.3 Å². The summed E-state index contributed by atoms with van der Waals surface area (Å²) in [6.45, 7) is 6.04. The lowest BCUT2D eigenvalue weighted by Gasteiger charge is -2.09. The average Bonchev–Trinajstić information content (AvgIpc) is 2.18. The molecule has 0 fully saturated rings. The number of ketones is 1. The Balaban J connectivity index is 2.69. The number of hydrogen-bond donors (Lipinski definition) is 0. The Kier molecular flexibility index (Phi) is 4.89. The van der Waals surface area contributed by atoms with Gasteiger partial charge in [-0.15, -0.1) is 11.8 Å². The van der Waals surface area contributed by atoms with Crippen molar-refractivity contribution in [1.29, 1.82) is 0 Å². The standard InChI is InChI=1S/C13H18OS/c1-4-6-10(2)15-13-8-5-7-12(9-13)11(3)14/h5,7-10H,4,6H2,1-3H3. The van der Waals surface area contributed by atoms with E-state index in [-0.39, 0.29) is 5.78 Å². The maximum Gasteiger partial charge on any atom is 0.159 e. The molecular weight excluding hydrogens is 204 g/mol. The van der Waals surface area contributed by atoms with E-state index in [1.165, 1.54) is 17.7 Å². The number of hydrogen-bond acceptors (Lipinski definition) is 2. The summed E-state index contributed by atoms with van der Waals surface area (Å²) in [6, 6.07) is 7.89. The molecule has 1 rings (SSSR count). The van der Waals surface area contributed by atoms with Crippen molar-refractivity contribution >= 4 is 17.5 Å². The first-order valence-corrected chi connectivity index (χ1v) is 6.29. The predicted octanol–water partition coefficient (Wildman–Crippen LogP) is 4.17. The van der Waals surface area contributed by atoms with Gasteiger partial charge in [-0.1, -0.05) is 32.4 Å². The number of benzene rings is 1. The van der Waals surface area contributed by atoms with Crippen molar-refractivity contribution in [2.75, 3.05) is 0 Å². The molecule has 2 heteroatoms. The van der Waals surface area contributed by atoms with Crippen molar-refractivity contribution in [1.82, 2.24) is 0 Å². The number of carbonyl (C=O) groups is 1. The monoisotopic (exact) mass is 222 g/mol. The minimum Gasteiger partial charge on any atom is -0.295 e. The molecule has 15 heavy (non-hydrogen) atoms. The molecular formula is C13H18OS. The van der Waals surface area contributed by atoms with Crippen LogP contribution in [-0.2, 0) is 0 Å². The summed E-state index contributed by atoms with van der Waals surface area (Å²) < 4.78 is 0. The van der Waals surface area contributed by atoms with Gasteiger partial charge < -0.3 is 0 Å². The number of carbonyl (C=O) groups excluding carboxylic acids is 1. The van der Waals surface area contributed by atoms with E-state index in [1.54, 1.807) is 6.92 Å². The van der Waals surface area contributed by atoms with Crippen molar-refractivity contribution in [2.24, 2.45) is 0 Å². The van der Waals surface area contributed by atoms with Gasteiger partial charge in [-0.05, 0) is 25.5 Å². The fraction of sp³-hybridized carbons (Fsp3) is 0.462. The summed E-state index contributed by atoms with van der Waals surface area (Å²) >= 11 is 1.85. The molecule has 1 aromatic carbocycles. The van der Waals surface area contributed by atoms with E-state index < -0.39 is 0 Å². The van der Waals surface area contributed by atoms with Crippen LogP contribution in [0.4, 0.5) is 0 Å². The van der Waals surface area contributed by atoms with Crippen molar-refractivity contribution in [3.63, 3.8) is 0 Å². The van der Waals surface area contributed by atoms with Gasteiger partial charge in [-0.2, -0.15) is 0 Å². The normalized spacial score (nSPS) is 12.5. The number of rotatable bonds is 5. The average molecular weight is 222 g/mol. The topological polar surface area (TPSA) is 17.1 Å². The van der Waals surface area contributed by atoms with Gasteiger partial charge >= 0.3 is 0 Å². The first kappa shape index (κ1) is 12.3. The molecule has 0 spiro atoms. The largest absolute Gasteiger partial charge is 0.295 e. The van der Waals surface area contributed by atoms with Crippen molar-refractivity contribution in [3.8, 4) is 0 Å². The molecule has 0 aliphatic rings. The summed E-state index contributed by atoms with van der Waals surface area (Å²) in [5.41, 5.74) is 0.809. The van der Waals surface area contributed by atoms with Gasteiger partial charge in [0.15, 0.2) is 5.78 Å². The zero-order valence-corrected chi connectivity index (χ0v) is 10.4. The Bertz CT molecular complexity index is 333. The molecule has 1 aromatic rings. The quantitative estimate of drug-likeness (QED) is 0.549. The third-order valence-electron chi connectivity index (χ3n) is 2.27. The fourth-order valence-electron chi connectivity index (χ4n) is 1.49. The van der Waals surface area contributed by atoms with Crippen LogP contribution in [-0.4, -0.2) is 11.0 Å². The van der Waals surface area contributed by atoms with E-state index in [0.29, 0.717) is 5.25 Å². The van der Waals surface area contributed by atoms with Crippen molar-refractivity contribution < 1.29 is 4.79 Å². The van der Waals surface area contributed by atoms with Crippen LogP contribution in [0.2, 0.25) is 0 Å². The molecule has 82 valence electrons. The third-order valence-corrected chi connectivity index (χ3v) is 3.44. The minimum absolute atomic E-state index is 0.139. The van der Waals surface area contributed by atoms with Crippen LogP contribution in [0.5, 0.6) is 0 Å². The highest BCUT2D eigenvalue weighted by Gasteiger charge is 2.05. The Hall–Kier alpha value is -0.760. The molecule has 0 saturated heterocycles. The van der Waals surface area contributed by atoms with Gasteiger partial charge in [-0.3, -0.25) is 4.79 Å². The van der Waals surface area contributed by atoms with Crippen LogP contribution in [0.3, 0.4) is 0 Å². The molecule has 1 atom stereocenters. The summed E-state index contributed by atoms with van der Waals surface area (Å²) in [5, 5.41) is 0.622. The van der Waals surface area contributed by atoms with Gasteiger partial charge in [0.25, 0.3) is 0 Å². The molecule has 0 heterocycles. The second kappa shape index (κ2) is 5.96. The van der Waals surface area contributed by atoms with Crippen LogP contribution >= 0.6 is 11.8 Å². The predicted molar refractivity (Wildman–Crippen MR) is 66.7 cm³/mol. The van der Waals surface area contributed by atoms with Gasteiger partial charge in [0.1, 0.15) is 0 Å². The summed E-state index contributed by atoms with van der Waals surface area (Å²) in [4.78, 5) is 12.4. The van der Waals surface area contributed by atoms with Crippen LogP contribution in [0.15, 0.2) is 29.2 Å². The highest BCUT2D eigenvalue weighted by molar-refractivity contribution is 7.99. The highest BCUT2D eigenvalue weighted by Crippen LogP contribution is 2.26. The van der Waals surface area contributed by atoms with Crippen LogP contribution in [0, 0.1) is 0 Å². The van der Waals surface area contributed by atoms with E-state index in [9.17, 15) is 4.79 Å². The van der Waals surface area contributed by atoms with E-state index >= 15 is 0 Å². The van der Waals surface area contributed by atoms with Crippen LogP contribution in [0.1, 0.15) is 44.0 Å². The fourth-order valence-corrected chi connectivity index (χ4v) is 2.66. The second-order valence-electron chi connectivity index (χ2n) is 3.80. The van der Waals surface area contributed by atoms with Gasteiger partial charge in [0.05, 0.1) is 0 Å². The van der Waals surface area contributed by atoms with E-state index in [0.717, 1.165) is 5.56 Å². The van der Waals surface area contributed by atoms with Crippen molar-refractivity contribution in [3.05, 3.63) is 29.8 Å². The summed E-state index contributed by atoms with van der Waals surface area (Å²) in [7, 11) is 0. The smallest absolute Gasteiger partial charge is 0.159 e. The maximum atomic E-state index is 11.2. The molecule has 1 unspecified atom stereocenters. The maximum absolute atomic E-state index is 11.2. The minimum atomic E-state index is 0.139. The zero-order valence-electron chi connectivity index (χ0n) is 9.62. The highest BCUT2D eigenvalue weighted by atomic mass is 32.2. The molecule has 0 aromatic heterocycles. The number of Topliss-reactive ketones (excluding diaryl/α,β-unsaturated/α-hetero) is 1. The first-order chi connectivity index (χ1) is 7.13. The first-order valence-electron chi connectivity index (χ1n) is 5.41. The van der Waals surface area contributed by atoms with Crippen LogP contribution in [0.25, 0.3) is 0 Å². The summed E-state index contributed by atoms with van der Waals surface area (Å²) in [6.07, 6.45) is 2.43. The molecule has 0 bridgehead atoms. The molecule has 0 saturated carbocycles. The Morgan fingerprint density at radius 2 is 2.20 bits per heavy atom. The molecule has 0 radical (unpaired) electrons. The zero-order chi connectivity index (χ0) is 11.3. The van der Waals surface area contributed by atoms with E-state index in [1.807, 2.05) is 30.0 Å². The van der Waals surface area contributed by atoms with Gasteiger partial charge in [0, 0.05) is 15.7 Å². The van der Waals surface area contributed by atoms with Gasteiger partial charge in [0.2, 0.25) is 0 Å². The van der Waals surface area contributed by atoms with Gasteiger partial charge in [-0.25, -0.2) is 0 Å². The third kappa shape index (κ3) is 4.08. The lowest BCUT2D eigenvalue weighted by atomic mass is 10.2. The number of thioether (sulfide) groups is 1. The van der Waals surface area contributed by atoms with E-state index in [4.69, 9.17) is 0 Å². The molecule has 0 aliphatic carbocycles. The molecule has 0 N–H and O–H groups in total. The lowest BCUT2D eigenvalue weighted by Crippen LogP contribution is -1.96. The Morgan fingerprint density at radius 1 is 1.47 bits per heavy atom. The van der Waals surface area contributed by atoms with E-state index in [2.05, 4.69) is 19.9 Å². The summed E-state index contributed by atoms with van der Waals surface area (Å²) in [5.74, 6) is 0.139.